The number of para-hydroxylation sites is 2. The number of ether oxygens (including phenoxy) is 5. The molecule has 0 saturated heterocycles. The molecule has 0 aromatic heterocycles. The minimum atomic E-state index is -0.525. The van der Waals surface area contributed by atoms with Gasteiger partial charge >= 0.3 is 0 Å². The number of nitrogens with one attached hydrogen (secondary N) is 2. The number of carbonyl (C=O) groups excluding carboxylic acids is 2. The lowest BCUT2D eigenvalue weighted by molar-refractivity contribution is -0.129. The molecule has 0 aliphatic carbocycles. The Morgan fingerprint density at radius 2 is 1.34 bits per heavy atom. The molecule has 0 heterocycles. The van der Waals surface area contributed by atoms with E-state index < -0.39 is 11.8 Å². The van der Waals surface area contributed by atoms with Crippen LogP contribution in [-0.2, 0) is 16.0 Å². The minimum Gasteiger partial charge on any atom is -0.493 e. The summed E-state index contributed by atoms with van der Waals surface area (Å²) in [6.07, 6.45) is -0.0445. The Labute approximate surface area is 168 Å². The van der Waals surface area contributed by atoms with E-state index in [2.05, 4.69) is 10.9 Å². The molecule has 9 heteroatoms. The van der Waals surface area contributed by atoms with Crippen molar-refractivity contribution in [3.05, 3.63) is 42.0 Å². The Hall–Kier alpha value is -3.62. The first-order chi connectivity index (χ1) is 14.0. The van der Waals surface area contributed by atoms with E-state index in [0.29, 0.717) is 34.3 Å². The van der Waals surface area contributed by atoms with E-state index in [1.54, 1.807) is 36.4 Å². The third kappa shape index (κ3) is 5.68. The van der Waals surface area contributed by atoms with E-state index >= 15 is 0 Å². The molecule has 9 nitrogen and oxygen atoms in total. The average Bonchev–Trinajstić information content (AvgIpc) is 2.75. The van der Waals surface area contributed by atoms with Gasteiger partial charge in [-0.15, -0.1) is 0 Å². The largest absolute Gasteiger partial charge is 0.493 e. The number of hydrogen-bond acceptors (Lipinski definition) is 7. The van der Waals surface area contributed by atoms with Crippen molar-refractivity contribution in [1.82, 2.24) is 10.9 Å². The van der Waals surface area contributed by atoms with Crippen molar-refractivity contribution in [3.8, 4) is 28.7 Å². The molecule has 0 unspecified atom stereocenters. The average molecular weight is 404 g/mol. The van der Waals surface area contributed by atoms with Crippen LogP contribution in [0.2, 0.25) is 0 Å². The molecule has 156 valence electrons. The number of amides is 2. The SMILES string of the molecule is COc1ccccc1OCC(=O)NNC(=O)Cc1ccc(OC)c(OC)c1OC. The second kappa shape index (κ2) is 10.6. The summed E-state index contributed by atoms with van der Waals surface area (Å²) >= 11 is 0. The van der Waals surface area contributed by atoms with Crippen LogP contribution in [0.25, 0.3) is 0 Å². The van der Waals surface area contributed by atoms with Gasteiger partial charge in [0.2, 0.25) is 11.7 Å². The van der Waals surface area contributed by atoms with Crippen LogP contribution < -0.4 is 34.5 Å². The first-order valence-corrected chi connectivity index (χ1v) is 8.65. The molecule has 0 aliphatic rings. The van der Waals surface area contributed by atoms with Gasteiger partial charge in [-0.1, -0.05) is 18.2 Å². The number of hydrogen-bond donors (Lipinski definition) is 2. The van der Waals surface area contributed by atoms with Gasteiger partial charge in [-0.25, -0.2) is 0 Å². The molecule has 0 radical (unpaired) electrons. The minimum absolute atomic E-state index is 0.0445. The number of benzene rings is 2. The van der Waals surface area contributed by atoms with E-state index in [1.807, 2.05) is 0 Å². The molecule has 0 spiro atoms. The molecule has 0 atom stereocenters. The third-order valence-corrected chi connectivity index (χ3v) is 3.91. The maximum atomic E-state index is 12.2. The van der Waals surface area contributed by atoms with Crippen molar-refractivity contribution >= 4 is 11.8 Å². The lowest BCUT2D eigenvalue weighted by Crippen LogP contribution is -2.44. The van der Waals surface area contributed by atoms with Gasteiger partial charge in [-0.05, 0) is 18.2 Å². The van der Waals surface area contributed by atoms with Crippen molar-refractivity contribution in [2.45, 2.75) is 6.42 Å². The first-order valence-electron chi connectivity index (χ1n) is 8.65. The summed E-state index contributed by atoms with van der Waals surface area (Å²) in [5, 5.41) is 0. The van der Waals surface area contributed by atoms with Gasteiger partial charge in [0, 0.05) is 5.56 Å². The van der Waals surface area contributed by atoms with Crippen molar-refractivity contribution in [3.63, 3.8) is 0 Å². The molecular formula is C20H24N2O7. The number of rotatable bonds is 9. The van der Waals surface area contributed by atoms with Crippen molar-refractivity contribution in [1.29, 1.82) is 0 Å². The van der Waals surface area contributed by atoms with Gasteiger partial charge in [-0.2, -0.15) is 0 Å². The third-order valence-electron chi connectivity index (χ3n) is 3.91. The summed E-state index contributed by atoms with van der Waals surface area (Å²) in [5.41, 5.74) is 5.21. The van der Waals surface area contributed by atoms with E-state index in [1.165, 1.54) is 28.4 Å². The highest BCUT2D eigenvalue weighted by Gasteiger charge is 2.18. The molecule has 2 rings (SSSR count). The van der Waals surface area contributed by atoms with Crippen LogP contribution in [0, 0.1) is 0 Å². The maximum absolute atomic E-state index is 12.2. The Balaban J connectivity index is 1.90. The fourth-order valence-electron chi connectivity index (χ4n) is 2.58. The normalized spacial score (nSPS) is 9.93. The second-order valence-electron chi connectivity index (χ2n) is 5.71. The van der Waals surface area contributed by atoms with Crippen LogP contribution in [0.3, 0.4) is 0 Å². The highest BCUT2D eigenvalue weighted by Crippen LogP contribution is 2.39. The van der Waals surface area contributed by atoms with Crippen LogP contribution in [-0.4, -0.2) is 46.9 Å². The molecule has 29 heavy (non-hydrogen) atoms. The zero-order chi connectivity index (χ0) is 21.2. The summed E-state index contributed by atoms with van der Waals surface area (Å²) < 4.78 is 26.4. The Morgan fingerprint density at radius 1 is 0.724 bits per heavy atom. The van der Waals surface area contributed by atoms with Gasteiger partial charge in [0.05, 0.1) is 34.9 Å². The Kier molecular flexibility index (Phi) is 7.96. The van der Waals surface area contributed by atoms with Gasteiger partial charge < -0.3 is 23.7 Å². The predicted molar refractivity (Wildman–Crippen MR) is 105 cm³/mol. The van der Waals surface area contributed by atoms with E-state index in [4.69, 9.17) is 23.7 Å². The summed E-state index contributed by atoms with van der Waals surface area (Å²) in [5.74, 6) is 1.21. The number of carbonyl (C=O) groups is 2. The fraction of sp³-hybridized carbons (Fsp3) is 0.300. The maximum Gasteiger partial charge on any atom is 0.276 e. The molecular weight excluding hydrogens is 380 g/mol. The van der Waals surface area contributed by atoms with Gasteiger partial charge in [-0.3, -0.25) is 20.4 Å². The molecule has 0 bridgehead atoms. The van der Waals surface area contributed by atoms with Crippen molar-refractivity contribution < 1.29 is 33.3 Å². The van der Waals surface area contributed by atoms with Crippen LogP contribution in [0.1, 0.15) is 5.56 Å². The topological polar surface area (TPSA) is 104 Å². The molecule has 2 amide bonds. The predicted octanol–water partition coefficient (Wildman–Crippen LogP) is 1.49. The number of methoxy groups -OCH3 is 4. The van der Waals surface area contributed by atoms with Gasteiger partial charge in [0.1, 0.15) is 0 Å². The van der Waals surface area contributed by atoms with Crippen LogP contribution in [0.5, 0.6) is 28.7 Å². The molecule has 2 aromatic carbocycles. The van der Waals surface area contributed by atoms with E-state index in [-0.39, 0.29) is 13.0 Å². The molecule has 0 saturated carbocycles. The summed E-state index contributed by atoms with van der Waals surface area (Å²) in [6, 6.07) is 10.3. The molecule has 2 aromatic rings. The standard InChI is InChI=1S/C20H24N2O7/c1-25-14-7-5-6-8-15(14)29-12-18(24)22-21-17(23)11-13-9-10-16(26-2)20(28-4)19(13)27-3/h5-10H,11-12H2,1-4H3,(H,21,23)(H,22,24). The molecule has 0 aliphatic heterocycles. The highest BCUT2D eigenvalue weighted by atomic mass is 16.5. The van der Waals surface area contributed by atoms with Gasteiger partial charge in [0.15, 0.2) is 29.6 Å². The molecule has 0 fully saturated rings. The second-order valence-corrected chi connectivity index (χ2v) is 5.71. The Bertz CT molecular complexity index is 855. The van der Waals surface area contributed by atoms with Crippen molar-refractivity contribution in [2.24, 2.45) is 0 Å². The fourth-order valence-corrected chi connectivity index (χ4v) is 2.58. The van der Waals surface area contributed by atoms with Gasteiger partial charge in [0.25, 0.3) is 5.91 Å². The molecule has 2 N–H and O–H groups in total. The smallest absolute Gasteiger partial charge is 0.276 e. The number of hydrazine groups is 1. The van der Waals surface area contributed by atoms with Crippen LogP contribution in [0.4, 0.5) is 0 Å². The lowest BCUT2D eigenvalue weighted by Gasteiger charge is -2.16. The van der Waals surface area contributed by atoms with Crippen LogP contribution >= 0.6 is 0 Å². The monoisotopic (exact) mass is 404 g/mol. The lowest BCUT2D eigenvalue weighted by atomic mass is 10.1. The van der Waals surface area contributed by atoms with E-state index in [9.17, 15) is 9.59 Å². The highest BCUT2D eigenvalue weighted by molar-refractivity contribution is 5.84. The summed E-state index contributed by atoms with van der Waals surface area (Å²) in [4.78, 5) is 24.1. The van der Waals surface area contributed by atoms with Crippen LogP contribution in [0.15, 0.2) is 36.4 Å². The zero-order valence-corrected chi connectivity index (χ0v) is 16.7. The Morgan fingerprint density at radius 3 is 1.97 bits per heavy atom. The van der Waals surface area contributed by atoms with E-state index in [0.717, 1.165) is 0 Å². The van der Waals surface area contributed by atoms with Crippen molar-refractivity contribution in [2.75, 3.05) is 35.0 Å². The first kappa shape index (κ1) is 21.7. The summed E-state index contributed by atoms with van der Waals surface area (Å²) in [7, 11) is 5.96. The zero-order valence-electron chi connectivity index (χ0n) is 16.7. The quantitative estimate of drug-likeness (QED) is 0.610. The summed E-state index contributed by atoms with van der Waals surface area (Å²) in [6.45, 7) is -0.291.